The molecule has 3 rings (SSSR count). The molecule has 2 aromatic rings. The average Bonchev–Trinajstić information content (AvgIpc) is 3.01. The molecule has 0 atom stereocenters. The van der Waals surface area contributed by atoms with Gasteiger partial charge in [0.2, 0.25) is 0 Å². The molecular formula is C22H19Cl2NO6S. The summed E-state index contributed by atoms with van der Waals surface area (Å²) >= 11 is 12.8. The van der Waals surface area contributed by atoms with Crippen molar-refractivity contribution in [2.24, 2.45) is 0 Å². The highest BCUT2D eigenvalue weighted by atomic mass is 35.5. The van der Waals surface area contributed by atoms with Crippen LogP contribution in [0.25, 0.3) is 6.08 Å². The van der Waals surface area contributed by atoms with Gasteiger partial charge in [0.25, 0.3) is 11.1 Å². The number of ether oxygens (including phenoxy) is 3. The Kier molecular flexibility index (Phi) is 8.06. The summed E-state index contributed by atoms with van der Waals surface area (Å²) in [5.41, 5.74) is 1.39. The van der Waals surface area contributed by atoms with Crippen LogP contribution in [0.4, 0.5) is 4.79 Å². The van der Waals surface area contributed by atoms with Crippen molar-refractivity contribution >= 4 is 58.2 Å². The number of halogens is 2. The number of thioether (sulfide) groups is 1. The van der Waals surface area contributed by atoms with Crippen LogP contribution in [0.5, 0.6) is 11.5 Å². The largest absolute Gasteiger partial charge is 0.493 e. The summed E-state index contributed by atoms with van der Waals surface area (Å²) in [6, 6.07) is 10.2. The van der Waals surface area contributed by atoms with Crippen molar-refractivity contribution in [3.63, 3.8) is 0 Å². The van der Waals surface area contributed by atoms with Crippen molar-refractivity contribution in [2.75, 3.05) is 20.3 Å². The lowest BCUT2D eigenvalue weighted by Gasteiger charge is -2.12. The van der Waals surface area contributed by atoms with E-state index < -0.39 is 23.7 Å². The third-order valence-electron chi connectivity index (χ3n) is 4.35. The predicted octanol–water partition coefficient (Wildman–Crippen LogP) is 5.18. The van der Waals surface area contributed by atoms with Crippen LogP contribution in [0.15, 0.2) is 41.3 Å². The van der Waals surface area contributed by atoms with Gasteiger partial charge in [-0.3, -0.25) is 19.3 Å². The number of esters is 1. The first-order chi connectivity index (χ1) is 15.3. The maximum atomic E-state index is 12.5. The second-order valence-corrected chi connectivity index (χ2v) is 8.34. The summed E-state index contributed by atoms with van der Waals surface area (Å²) < 4.78 is 16.0. The maximum absolute atomic E-state index is 12.5. The van der Waals surface area contributed by atoms with Gasteiger partial charge in [0.15, 0.2) is 11.5 Å². The Bertz CT molecular complexity index is 1090. The highest BCUT2D eigenvalue weighted by molar-refractivity contribution is 8.18. The highest BCUT2D eigenvalue weighted by Gasteiger charge is 2.36. The Morgan fingerprint density at radius 1 is 1.12 bits per heavy atom. The molecule has 0 unspecified atom stereocenters. The first-order valence-corrected chi connectivity index (χ1v) is 11.1. The molecular weight excluding hydrogens is 477 g/mol. The number of nitrogens with zero attached hydrogens (tertiary/aromatic N) is 1. The molecule has 32 heavy (non-hydrogen) atoms. The van der Waals surface area contributed by atoms with Crippen molar-refractivity contribution in [1.82, 2.24) is 4.90 Å². The molecule has 1 aliphatic rings. The minimum atomic E-state index is -0.639. The van der Waals surface area contributed by atoms with Gasteiger partial charge in [0.1, 0.15) is 13.2 Å². The first kappa shape index (κ1) is 24.0. The van der Waals surface area contributed by atoms with E-state index in [-0.39, 0.29) is 18.1 Å². The second-order valence-electron chi connectivity index (χ2n) is 6.51. The fourth-order valence-electron chi connectivity index (χ4n) is 2.81. The van der Waals surface area contributed by atoms with Crippen molar-refractivity contribution in [2.45, 2.75) is 13.5 Å². The predicted molar refractivity (Wildman–Crippen MR) is 123 cm³/mol. The fraction of sp³-hybridized carbons (Fsp3) is 0.227. The number of carbonyl (C=O) groups excluding carboxylic acids is 3. The Balaban J connectivity index is 1.74. The monoisotopic (exact) mass is 495 g/mol. The van der Waals surface area contributed by atoms with Gasteiger partial charge in [0, 0.05) is 15.6 Å². The van der Waals surface area contributed by atoms with Gasteiger partial charge in [-0.1, -0.05) is 35.3 Å². The first-order valence-electron chi connectivity index (χ1n) is 9.48. The quantitative estimate of drug-likeness (QED) is 0.368. The molecule has 1 fully saturated rings. The molecule has 0 radical (unpaired) electrons. The molecule has 0 saturated carbocycles. The van der Waals surface area contributed by atoms with E-state index in [0.717, 1.165) is 22.2 Å². The number of benzene rings is 2. The van der Waals surface area contributed by atoms with Gasteiger partial charge in [-0.15, -0.1) is 0 Å². The molecule has 2 amide bonds. The van der Waals surface area contributed by atoms with E-state index >= 15 is 0 Å². The lowest BCUT2D eigenvalue weighted by atomic mass is 10.1. The van der Waals surface area contributed by atoms with E-state index in [0.29, 0.717) is 27.1 Å². The van der Waals surface area contributed by atoms with Crippen LogP contribution in [-0.2, 0) is 20.9 Å². The minimum Gasteiger partial charge on any atom is -0.493 e. The van der Waals surface area contributed by atoms with Gasteiger partial charge in [-0.05, 0) is 54.6 Å². The molecule has 1 saturated heterocycles. The normalized spacial score (nSPS) is 14.8. The van der Waals surface area contributed by atoms with Crippen molar-refractivity contribution in [3.05, 3.63) is 62.5 Å². The summed E-state index contributed by atoms with van der Waals surface area (Å²) in [7, 11) is 1.49. The highest BCUT2D eigenvalue weighted by Crippen LogP contribution is 2.35. The van der Waals surface area contributed by atoms with Crippen LogP contribution >= 0.6 is 35.0 Å². The molecule has 0 aliphatic carbocycles. The number of hydrogen-bond acceptors (Lipinski definition) is 7. The Labute approximate surface area is 199 Å². The number of amides is 2. The van der Waals surface area contributed by atoms with Gasteiger partial charge >= 0.3 is 5.97 Å². The Morgan fingerprint density at radius 2 is 1.91 bits per heavy atom. The van der Waals surface area contributed by atoms with E-state index in [1.54, 1.807) is 49.4 Å². The second kappa shape index (κ2) is 10.8. The van der Waals surface area contributed by atoms with Gasteiger partial charge in [0.05, 0.1) is 18.6 Å². The van der Waals surface area contributed by atoms with Crippen LogP contribution in [-0.4, -0.2) is 42.3 Å². The molecule has 2 aromatic carbocycles. The number of methoxy groups -OCH3 is 1. The van der Waals surface area contributed by atoms with Crippen LogP contribution in [0.3, 0.4) is 0 Å². The Morgan fingerprint density at radius 3 is 2.59 bits per heavy atom. The van der Waals surface area contributed by atoms with Gasteiger partial charge in [-0.2, -0.15) is 0 Å². The van der Waals surface area contributed by atoms with Crippen molar-refractivity contribution < 1.29 is 28.6 Å². The smallest absolute Gasteiger partial charge is 0.326 e. The Hall–Kier alpha value is -2.68. The summed E-state index contributed by atoms with van der Waals surface area (Å²) in [6.45, 7) is 1.61. The van der Waals surface area contributed by atoms with E-state index in [9.17, 15) is 14.4 Å². The zero-order valence-corrected chi connectivity index (χ0v) is 19.6. The molecule has 1 heterocycles. The molecule has 0 aromatic heterocycles. The summed E-state index contributed by atoms with van der Waals surface area (Å²) in [4.78, 5) is 37.3. The third kappa shape index (κ3) is 5.76. The van der Waals surface area contributed by atoms with E-state index in [2.05, 4.69) is 0 Å². The summed E-state index contributed by atoms with van der Waals surface area (Å²) in [6.07, 6.45) is 1.55. The van der Waals surface area contributed by atoms with Crippen molar-refractivity contribution in [3.8, 4) is 11.5 Å². The van der Waals surface area contributed by atoms with E-state index in [1.165, 1.54) is 7.11 Å². The van der Waals surface area contributed by atoms with Crippen LogP contribution in [0, 0.1) is 0 Å². The zero-order valence-electron chi connectivity index (χ0n) is 17.2. The molecule has 0 N–H and O–H groups in total. The molecule has 0 bridgehead atoms. The minimum absolute atomic E-state index is 0.170. The lowest BCUT2D eigenvalue weighted by molar-refractivity contribution is -0.145. The standard InChI is InChI=1S/C22H19Cl2NO6S/c1-3-30-20(26)11-25-21(27)19(32-22(25)28)9-13-4-7-17(18(8-13)29-2)31-12-14-5-6-15(23)10-16(14)24/h4-10H,3,11-12H2,1-2H3/b19-9+. The molecule has 1 aliphatic heterocycles. The van der Waals surface area contributed by atoms with Gasteiger partial charge < -0.3 is 14.2 Å². The summed E-state index contributed by atoms with van der Waals surface area (Å²) in [5.74, 6) is -0.273. The number of imide groups is 1. The number of rotatable bonds is 8. The maximum Gasteiger partial charge on any atom is 0.326 e. The van der Waals surface area contributed by atoms with Crippen LogP contribution in [0.1, 0.15) is 18.1 Å². The zero-order chi connectivity index (χ0) is 23.3. The fourth-order valence-corrected chi connectivity index (χ4v) is 4.11. The van der Waals surface area contributed by atoms with E-state index in [4.69, 9.17) is 37.4 Å². The lowest BCUT2D eigenvalue weighted by Crippen LogP contribution is -2.34. The number of hydrogen-bond donors (Lipinski definition) is 0. The van der Waals surface area contributed by atoms with E-state index in [1.807, 2.05) is 0 Å². The SMILES string of the molecule is CCOC(=O)CN1C(=O)S/C(=C/c2ccc(OCc3ccc(Cl)cc3Cl)c(OC)c2)C1=O. The molecule has 0 spiro atoms. The van der Waals surface area contributed by atoms with Crippen molar-refractivity contribution in [1.29, 1.82) is 0 Å². The molecule has 10 heteroatoms. The van der Waals surface area contributed by atoms with Crippen LogP contribution in [0.2, 0.25) is 10.0 Å². The summed E-state index contributed by atoms with van der Waals surface area (Å²) in [5, 5.41) is 0.500. The average molecular weight is 496 g/mol. The third-order valence-corrected chi connectivity index (χ3v) is 5.84. The molecule has 168 valence electrons. The van der Waals surface area contributed by atoms with Gasteiger partial charge in [-0.25, -0.2) is 0 Å². The van der Waals surface area contributed by atoms with Crippen LogP contribution < -0.4 is 9.47 Å². The number of carbonyl (C=O) groups is 3. The topological polar surface area (TPSA) is 82.1 Å². The molecule has 7 nitrogen and oxygen atoms in total.